The van der Waals surface area contributed by atoms with Crippen LogP contribution in [0.15, 0.2) is 12.4 Å². The summed E-state index contributed by atoms with van der Waals surface area (Å²) in [6.45, 7) is 5.34. The highest BCUT2D eigenvalue weighted by atomic mass is 15.2. The maximum absolute atomic E-state index is 4.12. The zero-order valence-electron chi connectivity index (χ0n) is 8.04. The zero-order valence-corrected chi connectivity index (χ0v) is 8.04. The van der Waals surface area contributed by atoms with Crippen LogP contribution in [0.2, 0.25) is 0 Å². The molecule has 0 saturated heterocycles. The fourth-order valence-corrected chi connectivity index (χ4v) is 1.35. The normalized spacial score (nSPS) is 13.2. The Balaban J connectivity index is 2.41. The van der Waals surface area contributed by atoms with Gasteiger partial charge in [0, 0.05) is 19.3 Å². The molecule has 1 heterocycles. The first-order valence-electron chi connectivity index (χ1n) is 4.43. The Morgan fingerprint density at radius 3 is 2.92 bits per heavy atom. The first-order valence-corrected chi connectivity index (χ1v) is 4.43. The van der Waals surface area contributed by atoms with Gasteiger partial charge < -0.3 is 5.32 Å². The summed E-state index contributed by atoms with van der Waals surface area (Å²) in [5.74, 6) is 0. The molecule has 0 aliphatic rings. The van der Waals surface area contributed by atoms with Crippen molar-refractivity contribution in [2.24, 2.45) is 7.05 Å². The first kappa shape index (κ1) is 9.26. The molecule has 0 amide bonds. The van der Waals surface area contributed by atoms with Gasteiger partial charge in [-0.3, -0.25) is 4.68 Å². The van der Waals surface area contributed by atoms with Crippen LogP contribution in [0.4, 0.5) is 0 Å². The van der Waals surface area contributed by atoms with E-state index in [0.29, 0.717) is 6.04 Å². The van der Waals surface area contributed by atoms with E-state index in [0.717, 1.165) is 13.0 Å². The summed E-state index contributed by atoms with van der Waals surface area (Å²) < 4.78 is 1.84. The fourth-order valence-electron chi connectivity index (χ4n) is 1.35. The van der Waals surface area contributed by atoms with Gasteiger partial charge in [-0.1, -0.05) is 6.92 Å². The SMILES string of the molecule is CCNC(C)Cc1cnn(C)c1. The maximum Gasteiger partial charge on any atom is 0.0522 e. The molecule has 0 aliphatic carbocycles. The lowest BCUT2D eigenvalue weighted by atomic mass is 10.1. The molecule has 0 fully saturated rings. The van der Waals surface area contributed by atoms with Crippen molar-refractivity contribution in [1.82, 2.24) is 15.1 Å². The number of hydrogen-bond acceptors (Lipinski definition) is 2. The molecule has 0 spiro atoms. The van der Waals surface area contributed by atoms with Crippen LogP contribution in [-0.4, -0.2) is 22.4 Å². The molecule has 3 heteroatoms. The molecule has 12 heavy (non-hydrogen) atoms. The van der Waals surface area contributed by atoms with Crippen LogP contribution < -0.4 is 5.32 Å². The van der Waals surface area contributed by atoms with E-state index in [9.17, 15) is 0 Å². The van der Waals surface area contributed by atoms with E-state index < -0.39 is 0 Å². The topological polar surface area (TPSA) is 29.9 Å². The number of aryl methyl sites for hydroxylation is 1. The Hall–Kier alpha value is -0.830. The summed E-state index contributed by atoms with van der Waals surface area (Å²) in [6, 6.07) is 0.541. The van der Waals surface area contributed by atoms with Gasteiger partial charge in [-0.15, -0.1) is 0 Å². The number of hydrogen-bond donors (Lipinski definition) is 1. The highest BCUT2D eigenvalue weighted by Crippen LogP contribution is 2.00. The van der Waals surface area contributed by atoms with Crippen molar-refractivity contribution in [1.29, 1.82) is 0 Å². The molecule has 1 aromatic rings. The van der Waals surface area contributed by atoms with Gasteiger partial charge in [0.1, 0.15) is 0 Å². The summed E-state index contributed by atoms with van der Waals surface area (Å²) in [6.07, 6.45) is 5.04. The van der Waals surface area contributed by atoms with Gasteiger partial charge in [0.25, 0.3) is 0 Å². The van der Waals surface area contributed by atoms with Crippen LogP contribution >= 0.6 is 0 Å². The standard InChI is InChI=1S/C9H17N3/c1-4-10-8(2)5-9-6-11-12(3)7-9/h6-8,10H,4-5H2,1-3H3. The van der Waals surface area contributed by atoms with Gasteiger partial charge in [0.15, 0.2) is 0 Å². The molecular formula is C9H17N3. The summed E-state index contributed by atoms with van der Waals surface area (Å²) in [5, 5.41) is 7.48. The van der Waals surface area contributed by atoms with Crippen LogP contribution in [0, 0.1) is 0 Å². The maximum atomic E-state index is 4.12. The molecule has 1 unspecified atom stereocenters. The quantitative estimate of drug-likeness (QED) is 0.724. The highest BCUT2D eigenvalue weighted by molar-refractivity contribution is 5.05. The van der Waals surface area contributed by atoms with Gasteiger partial charge in [-0.25, -0.2) is 0 Å². The van der Waals surface area contributed by atoms with Crippen LogP contribution in [0.3, 0.4) is 0 Å². The van der Waals surface area contributed by atoms with Gasteiger partial charge in [-0.05, 0) is 25.5 Å². The summed E-state index contributed by atoms with van der Waals surface area (Å²) in [5.41, 5.74) is 1.30. The highest BCUT2D eigenvalue weighted by Gasteiger charge is 2.02. The molecular weight excluding hydrogens is 150 g/mol. The van der Waals surface area contributed by atoms with Crippen molar-refractivity contribution >= 4 is 0 Å². The van der Waals surface area contributed by atoms with Gasteiger partial charge in [0.2, 0.25) is 0 Å². The molecule has 1 aromatic heterocycles. The summed E-state index contributed by atoms with van der Waals surface area (Å²) in [7, 11) is 1.95. The van der Waals surface area contributed by atoms with E-state index in [4.69, 9.17) is 0 Å². The Kier molecular flexibility index (Phi) is 3.29. The van der Waals surface area contributed by atoms with E-state index in [2.05, 4.69) is 30.5 Å². The van der Waals surface area contributed by atoms with E-state index in [-0.39, 0.29) is 0 Å². The van der Waals surface area contributed by atoms with Crippen LogP contribution in [0.5, 0.6) is 0 Å². The molecule has 0 aromatic carbocycles. The molecule has 0 radical (unpaired) electrons. The number of nitrogens with one attached hydrogen (secondary N) is 1. The van der Waals surface area contributed by atoms with Crippen LogP contribution in [-0.2, 0) is 13.5 Å². The lowest BCUT2D eigenvalue weighted by Crippen LogP contribution is -2.27. The summed E-state index contributed by atoms with van der Waals surface area (Å²) in [4.78, 5) is 0. The van der Waals surface area contributed by atoms with E-state index >= 15 is 0 Å². The van der Waals surface area contributed by atoms with Crippen LogP contribution in [0.1, 0.15) is 19.4 Å². The minimum absolute atomic E-state index is 0.541. The predicted molar refractivity (Wildman–Crippen MR) is 50.1 cm³/mol. The van der Waals surface area contributed by atoms with Gasteiger partial charge >= 0.3 is 0 Å². The van der Waals surface area contributed by atoms with Gasteiger partial charge in [0.05, 0.1) is 6.20 Å². The molecule has 0 aliphatic heterocycles. The lowest BCUT2D eigenvalue weighted by Gasteiger charge is -2.09. The minimum Gasteiger partial charge on any atom is -0.314 e. The van der Waals surface area contributed by atoms with E-state index in [1.54, 1.807) is 0 Å². The third-order valence-corrected chi connectivity index (χ3v) is 1.85. The Labute approximate surface area is 73.8 Å². The fraction of sp³-hybridized carbons (Fsp3) is 0.667. The third-order valence-electron chi connectivity index (χ3n) is 1.85. The molecule has 1 rings (SSSR count). The Morgan fingerprint density at radius 2 is 2.42 bits per heavy atom. The summed E-state index contributed by atoms with van der Waals surface area (Å²) >= 11 is 0. The molecule has 0 saturated carbocycles. The van der Waals surface area contributed by atoms with Crippen molar-refractivity contribution in [3.05, 3.63) is 18.0 Å². The van der Waals surface area contributed by atoms with E-state index in [1.165, 1.54) is 5.56 Å². The molecule has 0 bridgehead atoms. The van der Waals surface area contributed by atoms with E-state index in [1.807, 2.05) is 17.9 Å². The number of nitrogens with zero attached hydrogens (tertiary/aromatic N) is 2. The number of aromatic nitrogens is 2. The average Bonchev–Trinajstić information content (AvgIpc) is 2.36. The van der Waals surface area contributed by atoms with Crippen molar-refractivity contribution < 1.29 is 0 Å². The van der Waals surface area contributed by atoms with Crippen molar-refractivity contribution in [3.8, 4) is 0 Å². The largest absolute Gasteiger partial charge is 0.314 e. The minimum atomic E-state index is 0.541. The number of rotatable bonds is 4. The molecule has 3 nitrogen and oxygen atoms in total. The number of likely N-dealkylation sites (N-methyl/N-ethyl adjacent to an activating group) is 1. The first-order chi connectivity index (χ1) is 5.72. The monoisotopic (exact) mass is 167 g/mol. The predicted octanol–water partition coefficient (Wildman–Crippen LogP) is 0.961. The zero-order chi connectivity index (χ0) is 8.97. The second kappa shape index (κ2) is 4.26. The lowest BCUT2D eigenvalue weighted by molar-refractivity contribution is 0.565. The Morgan fingerprint density at radius 1 is 1.67 bits per heavy atom. The van der Waals surface area contributed by atoms with Crippen molar-refractivity contribution in [2.75, 3.05) is 6.54 Å². The van der Waals surface area contributed by atoms with Crippen molar-refractivity contribution in [3.63, 3.8) is 0 Å². The van der Waals surface area contributed by atoms with Crippen molar-refractivity contribution in [2.45, 2.75) is 26.3 Å². The Bertz CT molecular complexity index is 229. The average molecular weight is 167 g/mol. The second-order valence-electron chi connectivity index (χ2n) is 3.19. The molecule has 1 atom stereocenters. The van der Waals surface area contributed by atoms with Gasteiger partial charge in [-0.2, -0.15) is 5.10 Å². The molecule has 68 valence electrons. The second-order valence-corrected chi connectivity index (χ2v) is 3.19. The van der Waals surface area contributed by atoms with Crippen LogP contribution in [0.25, 0.3) is 0 Å². The smallest absolute Gasteiger partial charge is 0.0522 e. The molecule has 1 N–H and O–H groups in total. The third kappa shape index (κ3) is 2.66.